The van der Waals surface area contributed by atoms with E-state index < -0.39 is 5.97 Å². The van der Waals surface area contributed by atoms with E-state index in [0.717, 1.165) is 13.1 Å². The summed E-state index contributed by atoms with van der Waals surface area (Å²) in [6, 6.07) is 14.6. The number of carboxylic acid groups (broad SMARTS) is 1. The van der Waals surface area contributed by atoms with Gasteiger partial charge in [-0.2, -0.15) is 0 Å². The first-order chi connectivity index (χ1) is 11.5. The fourth-order valence-electron chi connectivity index (χ4n) is 2.96. The molecule has 2 aromatic carbocycles. The van der Waals surface area contributed by atoms with Crippen molar-refractivity contribution in [2.24, 2.45) is 0 Å². The van der Waals surface area contributed by atoms with Crippen LogP contribution in [0.2, 0.25) is 0 Å². The van der Waals surface area contributed by atoms with Gasteiger partial charge in [-0.15, -0.1) is 0 Å². The van der Waals surface area contributed by atoms with E-state index in [1.54, 1.807) is 17.0 Å². The van der Waals surface area contributed by atoms with Gasteiger partial charge in [0.15, 0.2) is 0 Å². The van der Waals surface area contributed by atoms with Gasteiger partial charge in [-0.25, -0.2) is 4.79 Å². The van der Waals surface area contributed by atoms with Crippen molar-refractivity contribution >= 4 is 17.6 Å². The smallest absolute Gasteiger partial charge is 0.335 e. The minimum absolute atomic E-state index is 0.109. The Morgan fingerprint density at radius 3 is 2.25 bits per heavy atom. The zero-order chi connectivity index (χ0) is 17.1. The molecule has 2 aromatic rings. The van der Waals surface area contributed by atoms with Crippen LogP contribution in [-0.4, -0.2) is 48.1 Å². The Hall–Kier alpha value is -2.82. The zero-order valence-corrected chi connectivity index (χ0v) is 13.6. The summed E-state index contributed by atoms with van der Waals surface area (Å²) in [6.07, 6.45) is 0. The predicted molar refractivity (Wildman–Crippen MR) is 92.7 cm³/mol. The molecule has 1 N–H and O–H groups in total. The summed E-state index contributed by atoms with van der Waals surface area (Å²) in [5.41, 5.74) is 2.96. The second-order valence-electron chi connectivity index (χ2n) is 6.00. The summed E-state index contributed by atoms with van der Waals surface area (Å²) >= 11 is 0. The summed E-state index contributed by atoms with van der Waals surface area (Å²) in [6.45, 7) is 4.87. The molecule has 0 bridgehead atoms. The number of carbonyl (C=O) groups excluding carboxylic acids is 1. The molecular weight excluding hydrogens is 304 g/mol. The van der Waals surface area contributed by atoms with Gasteiger partial charge in [-0.1, -0.05) is 18.2 Å². The molecule has 5 heteroatoms. The number of aromatic carboxylic acids is 1. The number of benzene rings is 2. The molecule has 0 atom stereocenters. The normalized spacial score (nSPS) is 14.5. The minimum Gasteiger partial charge on any atom is -0.478 e. The standard InChI is InChI=1S/C19H20N2O3/c1-14-4-2-7-17(12-14)20-8-10-21(11-9-20)18(22)15-5-3-6-16(13-15)19(23)24/h2-7,12-13H,8-11H2,1H3,(H,23,24). The lowest BCUT2D eigenvalue weighted by Crippen LogP contribution is -2.48. The van der Waals surface area contributed by atoms with Crippen molar-refractivity contribution in [1.82, 2.24) is 4.90 Å². The first-order valence-corrected chi connectivity index (χ1v) is 7.99. The van der Waals surface area contributed by atoms with Crippen LogP contribution in [0.1, 0.15) is 26.3 Å². The summed E-state index contributed by atoms with van der Waals surface area (Å²) < 4.78 is 0. The highest BCUT2D eigenvalue weighted by atomic mass is 16.4. The minimum atomic E-state index is -1.02. The fraction of sp³-hybridized carbons (Fsp3) is 0.263. The van der Waals surface area contributed by atoms with Gasteiger partial charge in [-0.05, 0) is 42.8 Å². The lowest BCUT2D eigenvalue weighted by atomic mass is 10.1. The number of nitrogens with zero attached hydrogens (tertiary/aromatic N) is 2. The summed E-state index contributed by atoms with van der Waals surface area (Å²) in [7, 11) is 0. The molecule has 24 heavy (non-hydrogen) atoms. The highest BCUT2D eigenvalue weighted by Gasteiger charge is 2.22. The van der Waals surface area contributed by atoms with Gasteiger partial charge in [-0.3, -0.25) is 4.79 Å². The molecule has 0 aliphatic carbocycles. The molecule has 1 amide bonds. The molecule has 1 aliphatic heterocycles. The number of hydrogen-bond acceptors (Lipinski definition) is 3. The van der Waals surface area contributed by atoms with Crippen LogP contribution in [0.4, 0.5) is 5.69 Å². The monoisotopic (exact) mass is 324 g/mol. The number of hydrogen-bond donors (Lipinski definition) is 1. The quantitative estimate of drug-likeness (QED) is 0.943. The molecule has 0 saturated carbocycles. The predicted octanol–water partition coefficient (Wildman–Crippen LogP) is 2.66. The summed E-state index contributed by atoms with van der Waals surface area (Å²) in [5, 5.41) is 9.05. The van der Waals surface area contributed by atoms with Crippen molar-refractivity contribution in [2.45, 2.75) is 6.92 Å². The van der Waals surface area contributed by atoms with Crippen molar-refractivity contribution < 1.29 is 14.7 Å². The SMILES string of the molecule is Cc1cccc(N2CCN(C(=O)c3cccc(C(=O)O)c3)CC2)c1. The molecule has 1 fully saturated rings. The molecule has 124 valence electrons. The van der Waals surface area contributed by atoms with E-state index in [9.17, 15) is 9.59 Å². The molecule has 5 nitrogen and oxygen atoms in total. The Labute approximate surface area is 141 Å². The van der Waals surface area contributed by atoms with Gasteiger partial charge in [0, 0.05) is 37.4 Å². The average Bonchev–Trinajstić information content (AvgIpc) is 2.61. The van der Waals surface area contributed by atoms with Crippen molar-refractivity contribution in [3.63, 3.8) is 0 Å². The largest absolute Gasteiger partial charge is 0.478 e. The van der Waals surface area contributed by atoms with Gasteiger partial charge >= 0.3 is 5.97 Å². The maximum atomic E-state index is 12.6. The van der Waals surface area contributed by atoms with E-state index in [4.69, 9.17) is 5.11 Å². The second kappa shape index (κ2) is 6.74. The maximum Gasteiger partial charge on any atom is 0.335 e. The van der Waals surface area contributed by atoms with E-state index in [1.165, 1.54) is 23.4 Å². The van der Waals surface area contributed by atoms with Crippen molar-refractivity contribution in [1.29, 1.82) is 0 Å². The van der Waals surface area contributed by atoms with Crippen LogP contribution in [0, 0.1) is 6.92 Å². The van der Waals surface area contributed by atoms with E-state index in [2.05, 4.69) is 30.0 Å². The number of piperazine rings is 1. The third-order valence-corrected chi connectivity index (χ3v) is 4.29. The highest BCUT2D eigenvalue weighted by molar-refractivity contribution is 5.97. The lowest BCUT2D eigenvalue weighted by Gasteiger charge is -2.36. The van der Waals surface area contributed by atoms with Crippen LogP contribution in [0.3, 0.4) is 0 Å². The molecule has 0 radical (unpaired) electrons. The van der Waals surface area contributed by atoms with Crippen LogP contribution in [-0.2, 0) is 0 Å². The van der Waals surface area contributed by atoms with Gasteiger partial charge in [0.05, 0.1) is 5.56 Å². The zero-order valence-electron chi connectivity index (χ0n) is 13.6. The molecule has 0 aromatic heterocycles. The van der Waals surface area contributed by atoms with Gasteiger partial charge in [0.2, 0.25) is 0 Å². The Morgan fingerprint density at radius 2 is 1.58 bits per heavy atom. The van der Waals surface area contributed by atoms with E-state index in [1.807, 2.05) is 6.07 Å². The number of carbonyl (C=O) groups is 2. The van der Waals surface area contributed by atoms with Gasteiger partial charge < -0.3 is 14.9 Å². The van der Waals surface area contributed by atoms with E-state index in [0.29, 0.717) is 18.7 Å². The summed E-state index contributed by atoms with van der Waals surface area (Å²) in [5.74, 6) is -1.13. The Kier molecular flexibility index (Phi) is 4.51. The van der Waals surface area contributed by atoms with Crippen LogP contribution < -0.4 is 4.90 Å². The van der Waals surface area contributed by atoms with Crippen molar-refractivity contribution in [3.05, 3.63) is 65.2 Å². The first-order valence-electron chi connectivity index (χ1n) is 7.99. The Bertz CT molecular complexity index is 765. The van der Waals surface area contributed by atoms with Crippen LogP contribution in [0.15, 0.2) is 48.5 Å². The van der Waals surface area contributed by atoms with Crippen molar-refractivity contribution in [3.8, 4) is 0 Å². The molecule has 3 rings (SSSR count). The topological polar surface area (TPSA) is 60.9 Å². The second-order valence-corrected chi connectivity index (χ2v) is 6.00. The molecular formula is C19H20N2O3. The van der Waals surface area contributed by atoms with Gasteiger partial charge in [0.1, 0.15) is 0 Å². The Balaban J connectivity index is 1.67. The average molecular weight is 324 g/mol. The van der Waals surface area contributed by atoms with Gasteiger partial charge in [0.25, 0.3) is 5.91 Å². The first kappa shape index (κ1) is 16.1. The molecule has 1 aliphatic rings. The van der Waals surface area contributed by atoms with Crippen LogP contribution in [0.5, 0.6) is 0 Å². The molecule has 1 heterocycles. The third-order valence-electron chi connectivity index (χ3n) is 4.29. The van der Waals surface area contributed by atoms with E-state index in [-0.39, 0.29) is 11.5 Å². The lowest BCUT2D eigenvalue weighted by molar-refractivity contribution is 0.0697. The van der Waals surface area contributed by atoms with Crippen molar-refractivity contribution in [2.75, 3.05) is 31.1 Å². The highest BCUT2D eigenvalue weighted by Crippen LogP contribution is 2.19. The Morgan fingerprint density at radius 1 is 0.917 bits per heavy atom. The number of rotatable bonds is 3. The number of amides is 1. The molecule has 0 spiro atoms. The van der Waals surface area contributed by atoms with Crippen LogP contribution in [0.25, 0.3) is 0 Å². The van der Waals surface area contributed by atoms with Crippen LogP contribution >= 0.6 is 0 Å². The maximum absolute atomic E-state index is 12.6. The molecule has 0 unspecified atom stereocenters. The third kappa shape index (κ3) is 3.40. The number of carboxylic acids is 1. The number of anilines is 1. The summed E-state index contributed by atoms with van der Waals surface area (Å²) in [4.78, 5) is 27.7. The number of aryl methyl sites for hydroxylation is 1. The fourth-order valence-corrected chi connectivity index (χ4v) is 2.96. The van der Waals surface area contributed by atoms with E-state index >= 15 is 0 Å². The molecule has 1 saturated heterocycles.